The van der Waals surface area contributed by atoms with Crippen molar-refractivity contribution in [2.45, 2.75) is 6.61 Å². The van der Waals surface area contributed by atoms with Crippen LogP contribution in [0.25, 0.3) is 11.1 Å². The van der Waals surface area contributed by atoms with E-state index in [2.05, 4.69) is 20.7 Å². The van der Waals surface area contributed by atoms with Crippen molar-refractivity contribution in [2.24, 2.45) is 0 Å². The molecule has 0 aliphatic heterocycles. The third kappa shape index (κ3) is 2.79. The lowest BCUT2D eigenvalue weighted by molar-refractivity contribution is -0.0499. The van der Waals surface area contributed by atoms with Gasteiger partial charge in [-0.25, -0.2) is 0 Å². The average molecular weight is 314 g/mol. The SMILES string of the molecule is Nc1ccc(-c2cccc(Br)c2OC(F)F)cc1. The number of hydrogen-bond donors (Lipinski definition) is 1. The first-order valence-electron chi connectivity index (χ1n) is 5.17. The molecule has 2 aromatic rings. The molecule has 0 saturated heterocycles. The fourth-order valence-electron chi connectivity index (χ4n) is 1.61. The van der Waals surface area contributed by atoms with Crippen LogP contribution in [0.1, 0.15) is 0 Å². The van der Waals surface area contributed by atoms with Gasteiger partial charge in [-0.2, -0.15) is 8.78 Å². The minimum absolute atomic E-state index is 0.122. The summed E-state index contributed by atoms with van der Waals surface area (Å²) in [4.78, 5) is 0. The van der Waals surface area contributed by atoms with Gasteiger partial charge in [0, 0.05) is 11.3 Å². The van der Waals surface area contributed by atoms with Crippen LogP contribution in [0.3, 0.4) is 0 Å². The Labute approximate surface area is 112 Å². The molecule has 18 heavy (non-hydrogen) atoms. The zero-order chi connectivity index (χ0) is 13.1. The minimum atomic E-state index is -2.86. The van der Waals surface area contributed by atoms with Crippen LogP contribution in [0.5, 0.6) is 5.75 Å². The molecule has 0 aliphatic carbocycles. The van der Waals surface area contributed by atoms with Crippen LogP contribution in [-0.2, 0) is 0 Å². The molecule has 0 aliphatic rings. The molecule has 0 radical (unpaired) electrons. The van der Waals surface area contributed by atoms with Crippen molar-refractivity contribution < 1.29 is 13.5 Å². The van der Waals surface area contributed by atoms with E-state index in [1.807, 2.05) is 0 Å². The van der Waals surface area contributed by atoms with Crippen molar-refractivity contribution in [2.75, 3.05) is 5.73 Å². The number of anilines is 1. The van der Waals surface area contributed by atoms with Gasteiger partial charge in [-0.3, -0.25) is 0 Å². The number of hydrogen-bond acceptors (Lipinski definition) is 2. The van der Waals surface area contributed by atoms with E-state index in [1.54, 1.807) is 42.5 Å². The van der Waals surface area contributed by atoms with Gasteiger partial charge in [0.2, 0.25) is 0 Å². The summed E-state index contributed by atoms with van der Waals surface area (Å²) in [6.45, 7) is -2.86. The number of benzene rings is 2. The molecule has 2 rings (SSSR count). The van der Waals surface area contributed by atoms with E-state index in [9.17, 15) is 8.78 Å². The maximum Gasteiger partial charge on any atom is 0.387 e. The van der Waals surface area contributed by atoms with Gasteiger partial charge in [-0.05, 0) is 39.7 Å². The van der Waals surface area contributed by atoms with Gasteiger partial charge in [-0.15, -0.1) is 0 Å². The summed E-state index contributed by atoms with van der Waals surface area (Å²) < 4.78 is 29.8. The summed E-state index contributed by atoms with van der Waals surface area (Å²) in [5.74, 6) is 0.122. The molecule has 0 spiro atoms. The Balaban J connectivity index is 2.49. The lowest BCUT2D eigenvalue weighted by Crippen LogP contribution is -2.03. The fraction of sp³-hybridized carbons (Fsp3) is 0.0769. The highest BCUT2D eigenvalue weighted by Gasteiger charge is 2.14. The molecule has 0 saturated carbocycles. The van der Waals surface area contributed by atoms with Gasteiger partial charge in [-0.1, -0.05) is 24.3 Å². The lowest BCUT2D eigenvalue weighted by Gasteiger charge is -2.12. The van der Waals surface area contributed by atoms with Gasteiger partial charge >= 0.3 is 6.61 Å². The largest absolute Gasteiger partial charge is 0.433 e. The van der Waals surface area contributed by atoms with Crippen LogP contribution >= 0.6 is 15.9 Å². The molecule has 2 nitrogen and oxygen atoms in total. The molecule has 5 heteroatoms. The molecular formula is C13H10BrF2NO. The number of alkyl halides is 2. The van der Waals surface area contributed by atoms with Gasteiger partial charge in [0.1, 0.15) is 5.75 Å². The topological polar surface area (TPSA) is 35.2 Å². The Morgan fingerprint density at radius 1 is 1.06 bits per heavy atom. The van der Waals surface area contributed by atoms with E-state index < -0.39 is 6.61 Å². The minimum Gasteiger partial charge on any atom is -0.433 e. The van der Waals surface area contributed by atoms with Crippen molar-refractivity contribution in [3.05, 3.63) is 46.9 Å². The molecule has 0 fully saturated rings. The van der Waals surface area contributed by atoms with E-state index in [-0.39, 0.29) is 5.75 Å². The summed E-state index contributed by atoms with van der Waals surface area (Å²) in [5, 5.41) is 0. The number of ether oxygens (including phenoxy) is 1. The molecule has 0 atom stereocenters. The van der Waals surface area contributed by atoms with Crippen LogP contribution in [0.15, 0.2) is 46.9 Å². The number of halogens is 3. The van der Waals surface area contributed by atoms with E-state index in [4.69, 9.17) is 5.73 Å². The molecule has 94 valence electrons. The Hall–Kier alpha value is -1.62. The van der Waals surface area contributed by atoms with E-state index >= 15 is 0 Å². The molecular weight excluding hydrogens is 304 g/mol. The number of rotatable bonds is 3. The van der Waals surface area contributed by atoms with Gasteiger partial charge in [0.15, 0.2) is 0 Å². The average Bonchev–Trinajstić information content (AvgIpc) is 2.32. The van der Waals surface area contributed by atoms with Gasteiger partial charge < -0.3 is 10.5 Å². The second-order valence-corrected chi connectivity index (χ2v) is 4.47. The molecule has 0 unspecified atom stereocenters. The summed E-state index contributed by atoms with van der Waals surface area (Å²) in [7, 11) is 0. The monoisotopic (exact) mass is 313 g/mol. The fourth-order valence-corrected chi connectivity index (χ4v) is 2.07. The predicted molar refractivity (Wildman–Crippen MR) is 70.6 cm³/mol. The first-order chi connectivity index (χ1) is 8.58. The quantitative estimate of drug-likeness (QED) is 0.857. The van der Waals surface area contributed by atoms with E-state index in [0.29, 0.717) is 15.7 Å². The standard InChI is InChI=1S/C13H10BrF2NO/c14-11-3-1-2-10(12(11)18-13(15)16)8-4-6-9(17)7-5-8/h1-7,13H,17H2. The first-order valence-corrected chi connectivity index (χ1v) is 5.96. The highest BCUT2D eigenvalue weighted by Crippen LogP contribution is 2.37. The molecule has 0 aromatic heterocycles. The number of nitrogens with two attached hydrogens (primary N) is 1. The predicted octanol–water partition coefficient (Wildman–Crippen LogP) is 4.30. The highest BCUT2D eigenvalue weighted by atomic mass is 79.9. The van der Waals surface area contributed by atoms with Gasteiger partial charge in [0.25, 0.3) is 0 Å². The van der Waals surface area contributed by atoms with Crippen LogP contribution in [0, 0.1) is 0 Å². The smallest absolute Gasteiger partial charge is 0.387 e. The summed E-state index contributed by atoms with van der Waals surface area (Å²) in [5.41, 5.74) is 7.56. The van der Waals surface area contributed by atoms with Gasteiger partial charge in [0.05, 0.1) is 4.47 Å². The van der Waals surface area contributed by atoms with Crippen LogP contribution in [0.2, 0.25) is 0 Å². The molecule has 2 aromatic carbocycles. The second kappa shape index (κ2) is 5.35. The summed E-state index contributed by atoms with van der Waals surface area (Å²) in [6, 6.07) is 12.1. The van der Waals surface area contributed by atoms with Crippen molar-refractivity contribution in [3.63, 3.8) is 0 Å². The second-order valence-electron chi connectivity index (χ2n) is 3.62. The van der Waals surface area contributed by atoms with Crippen molar-refractivity contribution >= 4 is 21.6 Å². The van der Waals surface area contributed by atoms with Crippen LogP contribution in [-0.4, -0.2) is 6.61 Å². The summed E-state index contributed by atoms with van der Waals surface area (Å²) in [6.07, 6.45) is 0. The number of nitrogen functional groups attached to an aromatic ring is 1. The molecule has 0 heterocycles. The normalized spacial score (nSPS) is 10.7. The van der Waals surface area contributed by atoms with E-state index in [1.165, 1.54) is 0 Å². The Morgan fingerprint density at radius 2 is 1.72 bits per heavy atom. The molecule has 0 bridgehead atoms. The third-order valence-corrected chi connectivity index (χ3v) is 3.02. The van der Waals surface area contributed by atoms with Crippen LogP contribution < -0.4 is 10.5 Å². The molecule has 2 N–H and O–H groups in total. The third-order valence-electron chi connectivity index (χ3n) is 2.40. The van der Waals surface area contributed by atoms with E-state index in [0.717, 1.165) is 5.56 Å². The Bertz CT molecular complexity index is 543. The highest BCUT2D eigenvalue weighted by molar-refractivity contribution is 9.10. The summed E-state index contributed by atoms with van der Waals surface area (Å²) >= 11 is 3.20. The lowest BCUT2D eigenvalue weighted by atomic mass is 10.0. The molecule has 0 amide bonds. The number of para-hydroxylation sites is 1. The maximum absolute atomic E-state index is 12.4. The van der Waals surface area contributed by atoms with Crippen molar-refractivity contribution in [1.29, 1.82) is 0 Å². The zero-order valence-electron chi connectivity index (χ0n) is 9.24. The zero-order valence-corrected chi connectivity index (χ0v) is 10.8. The maximum atomic E-state index is 12.4. The van der Waals surface area contributed by atoms with Crippen LogP contribution in [0.4, 0.5) is 14.5 Å². The van der Waals surface area contributed by atoms with Crippen molar-refractivity contribution in [1.82, 2.24) is 0 Å². The Morgan fingerprint density at radius 3 is 2.33 bits per heavy atom. The Kier molecular flexibility index (Phi) is 3.81. The van der Waals surface area contributed by atoms with Crippen molar-refractivity contribution in [3.8, 4) is 16.9 Å². The first kappa shape index (κ1) is 12.8.